The molecule has 0 spiro atoms. The lowest BCUT2D eigenvalue weighted by molar-refractivity contribution is -0.136. The molecule has 3 amide bonds. The Bertz CT molecular complexity index is 1010. The van der Waals surface area contributed by atoms with E-state index in [0.717, 1.165) is 0 Å². The number of amides is 3. The molecule has 3 rings (SSSR count). The van der Waals surface area contributed by atoms with Gasteiger partial charge in [0, 0.05) is 43.0 Å². The molecular formula is C22H23N3O5. The Morgan fingerprint density at radius 3 is 2.03 bits per heavy atom. The second-order valence-electron chi connectivity index (χ2n) is 6.59. The number of carbonyl (C=O) groups is 3. The zero-order valence-electron chi connectivity index (χ0n) is 17.2. The largest absolute Gasteiger partial charge is 0.497 e. The predicted octanol–water partition coefficient (Wildman–Crippen LogP) is 2.87. The number of hydrogen-bond donors (Lipinski definition) is 2. The first-order chi connectivity index (χ1) is 14.4. The van der Waals surface area contributed by atoms with Gasteiger partial charge in [0.1, 0.15) is 17.2 Å². The zero-order valence-corrected chi connectivity index (χ0v) is 17.2. The SMILES string of the molecule is CCN1C(=O)C(Nc2cc(OC)cc(OC)c2)=C(c2ccc(NC(C)=O)cc2)C1=O. The first kappa shape index (κ1) is 20.9. The van der Waals surface area contributed by atoms with E-state index in [0.29, 0.717) is 28.4 Å². The van der Waals surface area contributed by atoms with Crippen molar-refractivity contribution in [2.75, 3.05) is 31.4 Å². The molecule has 0 aliphatic carbocycles. The molecular weight excluding hydrogens is 386 g/mol. The predicted molar refractivity (Wildman–Crippen MR) is 113 cm³/mol. The fraction of sp³-hybridized carbons (Fsp3) is 0.227. The van der Waals surface area contributed by atoms with Crippen LogP contribution >= 0.6 is 0 Å². The normalized spacial score (nSPS) is 13.5. The van der Waals surface area contributed by atoms with Gasteiger partial charge in [-0.05, 0) is 24.6 Å². The van der Waals surface area contributed by atoms with Crippen molar-refractivity contribution in [3.05, 3.63) is 53.7 Å². The highest BCUT2D eigenvalue weighted by Crippen LogP contribution is 2.33. The molecule has 0 saturated heterocycles. The van der Waals surface area contributed by atoms with Crippen molar-refractivity contribution in [1.29, 1.82) is 0 Å². The van der Waals surface area contributed by atoms with E-state index in [4.69, 9.17) is 9.47 Å². The maximum atomic E-state index is 12.9. The maximum absolute atomic E-state index is 12.9. The van der Waals surface area contributed by atoms with E-state index in [-0.39, 0.29) is 29.6 Å². The minimum Gasteiger partial charge on any atom is -0.497 e. The van der Waals surface area contributed by atoms with Gasteiger partial charge >= 0.3 is 0 Å². The van der Waals surface area contributed by atoms with Gasteiger partial charge in [0.2, 0.25) is 5.91 Å². The molecule has 0 unspecified atom stereocenters. The van der Waals surface area contributed by atoms with Crippen molar-refractivity contribution in [2.24, 2.45) is 0 Å². The molecule has 0 radical (unpaired) electrons. The van der Waals surface area contributed by atoms with E-state index >= 15 is 0 Å². The smallest absolute Gasteiger partial charge is 0.278 e. The summed E-state index contributed by atoms with van der Waals surface area (Å²) in [6.07, 6.45) is 0. The lowest BCUT2D eigenvalue weighted by Gasteiger charge is -2.13. The summed E-state index contributed by atoms with van der Waals surface area (Å²) >= 11 is 0. The van der Waals surface area contributed by atoms with E-state index in [1.807, 2.05) is 0 Å². The second kappa shape index (κ2) is 8.69. The van der Waals surface area contributed by atoms with E-state index in [1.54, 1.807) is 49.4 Å². The number of methoxy groups -OCH3 is 2. The van der Waals surface area contributed by atoms with Crippen molar-refractivity contribution in [1.82, 2.24) is 4.90 Å². The Kier molecular flexibility index (Phi) is 6.06. The molecule has 0 aromatic heterocycles. The van der Waals surface area contributed by atoms with Crippen LogP contribution < -0.4 is 20.1 Å². The summed E-state index contributed by atoms with van der Waals surface area (Å²) in [7, 11) is 3.06. The van der Waals surface area contributed by atoms with Crippen molar-refractivity contribution < 1.29 is 23.9 Å². The van der Waals surface area contributed by atoms with Crippen molar-refractivity contribution in [3.8, 4) is 11.5 Å². The van der Waals surface area contributed by atoms with Crippen molar-refractivity contribution in [3.63, 3.8) is 0 Å². The quantitative estimate of drug-likeness (QED) is 0.683. The highest BCUT2D eigenvalue weighted by Gasteiger charge is 2.38. The molecule has 1 aliphatic heterocycles. The molecule has 0 bridgehead atoms. The number of imide groups is 1. The van der Waals surface area contributed by atoms with E-state index in [2.05, 4.69) is 10.6 Å². The molecule has 0 saturated carbocycles. The monoisotopic (exact) mass is 409 g/mol. The van der Waals surface area contributed by atoms with Crippen LogP contribution in [0.25, 0.3) is 5.57 Å². The minimum atomic E-state index is -0.412. The number of nitrogens with one attached hydrogen (secondary N) is 2. The Hall–Kier alpha value is -3.81. The summed E-state index contributed by atoms with van der Waals surface area (Å²) < 4.78 is 10.6. The fourth-order valence-electron chi connectivity index (χ4n) is 3.19. The maximum Gasteiger partial charge on any atom is 0.278 e. The molecule has 2 aromatic rings. The van der Waals surface area contributed by atoms with E-state index < -0.39 is 5.91 Å². The molecule has 2 aromatic carbocycles. The van der Waals surface area contributed by atoms with Crippen LogP contribution in [0.5, 0.6) is 11.5 Å². The van der Waals surface area contributed by atoms with E-state index in [1.165, 1.54) is 26.0 Å². The highest BCUT2D eigenvalue weighted by atomic mass is 16.5. The van der Waals surface area contributed by atoms with Gasteiger partial charge in [-0.2, -0.15) is 0 Å². The summed E-state index contributed by atoms with van der Waals surface area (Å²) in [5, 5.41) is 5.75. The Morgan fingerprint density at radius 2 is 1.53 bits per heavy atom. The molecule has 8 nitrogen and oxygen atoms in total. The molecule has 0 atom stereocenters. The van der Waals surface area contributed by atoms with Crippen LogP contribution in [0.3, 0.4) is 0 Å². The molecule has 1 aliphatic rings. The number of benzene rings is 2. The van der Waals surface area contributed by atoms with Gasteiger partial charge in [-0.1, -0.05) is 12.1 Å². The minimum absolute atomic E-state index is 0.171. The average molecular weight is 409 g/mol. The number of likely N-dealkylation sites (N-methyl/N-ethyl adjacent to an activating group) is 1. The van der Waals surface area contributed by atoms with Crippen LogP contribution in [0.1, 0.15) is 19.4 Å². The third-order valence-electron chi connectivity index (χ3n) is 4.60. The van der Waals surface area contributed by atoms with Gasteiger partial charge in [0.15, 0.2) is 0 Å². The van der Waals surface area contributed by atoms with Crippen molar-refractivity contribution in [2.45, 2.75) is 13.8 Å². The molecule has 1 heterocycles. The second-order valence-corrected chi connectivity index (χ2v) is 6.59. The lowest BCUT2D eigenvalue weighted by Crippen LogP contribution is -2.32. The van der Waals surface area contributed by atoms with Crippen LogP contribution in [0.2, 0.25) is 0 Å². The zero-order chi connectivity index (χ0) is 21.8. The molecule has 0 fully saturated rings. The van der Waals surface area contributed by atoms with Gasteiger partial charge in [-0.3, -0.25) is 19.3 Å². The first-order valence-corrected chi connectivity index (χ1v) is 9.36. The fourth-order valence-corrected chi connectivity index (χ4v) is 3.19. The number of ether oxygens (including phenoxy) is 2. The number of anilines is 2. The van der Waals surface area contributed by atoms with Gasteiger partial charge in [0.25, 0.3) is 11.8 Å². The van der Waals surface area contributed by atoms with Crippen LogP contribution in [-0.4, -0.2) is 43.4 Å². The molecule has 8 heteroatoms. The topological polar surface area (TPSA) is 97.0 Å². The lowest BCUT2D eigenvalue weighted by atomic mass is 10.0. The van der Waals surface area contributed by atoms with Crippen LogP contribution in [0, 0.1) is 0 Å². The van der Waals surface area contributed by atoms with Crippen LogP contribution in [-0.2, 0) is 14.4 Å². The molecule has 156 valence electrons. The van der Waals surface area contributed by atoms with Gasteiger partial charge in [-0.25, -0.2) is 0 Å². The van der Waals surface area contributed by atoms with Crippen molar-refractivity contribution >= 4 is 34.7 Å². The third kappa shape index (κ3) is 4.12. The number of rotatable bonds is 7. The summed E-state index contributed by atoms with van der Waals surface area (Å²) in [5.41, 5.74) is 2.15. The summed E-state index contributed by atoms with van der Waals surface area (Å²) in [4.78, 5) is 38.3. The van der Waals surface area contributed by atoms with Crippen LogP contribution in [0.15, 0.2) is 48.2 Å². The Morgan fingerprint density at radius 1 is 0.933 bits per heavy atom. The number of carbonyl (C=O) groups excluding carboxylic acids is 3. The number of nitrogens with zero attached hydrogens (tertiary/aromatic N) is 1. The average Bonchev–Trinajstić information content (AvgIpc) is 2.96. The third-order valence-corrected chi connectivity index (χ3v) is 4.60. The molecule has 2 N–H and O–H groups in total. The highest BCUT2D eigenvalue weighted by molar-refractivity contribution is 6.36. The van der Waals surface area contributed by atoms with Crippen LogP contribution in [0.4, 0.5) is 11.4 Å². The summed E-state index contributed by atoms with van der Waals surface area (Å²) in [5.74, 6) is 0.100. The van der Waals surface area contributed by atoms with Gasteiger partial charge in [0.05, 0.1) is 19.8 Å². The first-order valence-electron chi connectivity index (χ1n) is 9.36. The summed E-state index contributed by atoms with van der Waals surface area (Å²) in [6.45, 7) is 3.40. The summed E-state index contributed by atoms with van der Waals surface area (Å²) in [6, 6.07) is 11.9. The number of hydrogen-bond acceptors (Lipinski definition) is 6. The Balaban J connectivity index is 2.05. The molecule has 30 heavy (non-hydrogen) atoms. The van der Waals surface area contributed by atoms with Gasteiger partial charge < -0.3 is 20.1 Å². The Labute approximate surface area is 174 Å². The van der Waals surface area contributed by atoms with E-state index in [9.17, 15) is 14.4 Å². The standard InChI is InChI=1S/C22H23N3O5/c1-5-25-21(27)19(14-6-8-15(9-7-14)23-13(2)26)20(22(25)28)24-16-10-17(29-3)12-18(11-16)30-4/h6-12,24H,5H2,1-4H3,(H,23,26). The van der Waals surface area contributed by atoms with Gasteiger partial charge in [-0.15, -0.1) is 0 Å².